The van der Waals surface area contributed by atoms with Gasteiger partial charge in [0.25, 0.3) is 0 Å². The molecule has 0 radical (unpaired) electrons. The van der Waals surface area contributed by atoms with Gasteiger partial charge in [0.15, 0.2) is 0 Å². The number of amides is 1. The molecule has 0 fully saturated rings. The van der Waals surface area contributed by atoms with Gasteiger partial charge in [0.05, 0.1) is 6.42 Å². The number of aliphatic carboxylic acids is 1. The molecule has 1 amide bonds. The number of benzene rings is 1. The largest absolute Gasteiger partial charge is 0.481 e. The van der Waals surface area contributed by atoms with Crippen LogP contribution in [-0.4, -0.2) is 29.3 Å². The van der Waals surface area contributed by atoms with Gasteiger partial charge in [0.1, 0.15) is 5.60 Å². The normalized spacial score (nSPS) is 11.5. The quantitative estimate of drug-likeness (QED) is 0.771. The SMILES string of the molecule is CC(C)(C)OC(=O)NCCC=Cc1cc(Cl)ccc1CC(=O)O. The van der Waals surface area contributed by atoms with Crippen molar-refractivity contribution >= 4 is 29.7 Å². The minimum Gasteiger partial charge on any atom is -0.481 e. The Hall–Kier alpha value is -2.01. The van der Waals surface area contributed by atoms with Crippen LogP contribution >= 0.6 is 11.6 Å². The fourth-order valence-corrected chi connectivity index (χ4v) is 2.01. The summed E-state index contributed by atoms with van der Waals surface area (Å²) in [7, 11) is 0. The third-order valence-corrected chi connectivity index (χ3v) is 2.96. The lowest BCUT2D eigenvalue weighted by molar-refractivity contribution is -0.136. The second kappa shape index (κ2) is 8.58. The van der Waals surface area contributed by atoms with Gasteiger partial charge in [0, 0.05) is 11.6 Å². The number of carbonyl (C=O) groups is 2. The molecular formula is C17H22ClNO4. The number of hydrogen-bond acceptors (Lipinski definition) is 3. The first-order valence-electron chi connectivity index (χ1n) is 7.31. The van der Waals surface area contributed by atoms with Gasteiger partial charge in [0.2, 0.25) is 0 Å². The molecule has 0 aliphatic heterocycles. The third kappa shape index (κ3) is 8.26. The summed E-state index contributed by atoms with van der Waals surface area (Å²) >= 11 is 5.94. The number of halogens is 1. The molecule has 126 valence electrons. The molecule has 1 aromatic rings. The van der Waals surface area contributed by atoms with Crippen LogP contribution in [-0.2, 0) is 16.0 Å². The van der Waals surface area contributed by atoms with Crippen LogP contribution in [0.1, 0.15) is 38.3 Å². The molecule has 2 N–H and O–H groups in total. The molecule has 0 spiro atoms. The van der Waals surface area contributed by atoms with Crippen molar-refractivity contribution in [3.05, 3.63) is 40.4 Å². The first kappa shape index (κ1) is 19.0. The van der Waals surface area contributed by atoms with Crippen LogP contribution in [0.25, 0.3) is 6.08 Å². The molecule has 0 heterocycles. The summed E-state index contributed by atoms with van der Waals surface area (Å²) in [5, 5.41) is 12.1. The summed E-state index contributed by atoms with van der Waals surface area (Å²) in [5.74, 6) is -0.895. The average Bonchev–Trinajstić information content (AvgIpc) is 2.38. The summed E-state index contributed by atoms with van der Waals surface area (Å²) in [5.41, 5.74) is 0.933. The maximum Gasteiger partial charge on any atom is 0.407 e. The minimum absolute atomic E-state index is 0.0625. The van der Waals surface area contributed by atoms with Crippen LogP contribution < -0.4 is 5.32 Å². The molecule has 5 nitrogen and oxygen atoms in total. The Morgan fingerprint density at radius 3 is 2.65 bits per heavy atom. The van der Waals surface area contributed by atoms with Gasteiger partial charge in [-0.05, 0) is 50.5 Å². The predicted molar refractivity (Wildman–Crippen MR) is 90.7 cm³/mol. The molecular weight excluding hydrogens is 318 g/mol. The summed E-state index contributed by atoms with van der Waals surface area (Å²) in [6.45, 7) is 5.83. The molecule has 0 aliphatic carbocycles. The van der Waals surface area contributed by atoms with E-state index < -0.39 is 17.7 Å². The Morgan fingerprint density at radius 2 is 2.04 bits per heavy atom. The number of carboxylic acids is 1. The van der Waals surface area contributed by atoms with Crippen molar-refractivity contribution in [1.82, 2.24) is 5.32 Å². The van der Waals surface area contributed by atoms with Crippen molar-refractivity contribution in [2.45, 2.75) is 39.2 Å². The lowest BCUT2D eigenvalue weighted by Gasteiger charge is -2.19. The van der Waals surface area contributed by atoms with Gasteiger partial charge in [-0.15, -0.1) is 0 Å². The number of carboxylic acid groups (broad SMARTS) is 1. The van der Waals surface area contributed by atoms with Crippen LogP contribution in [0.2, 0.25) is 5.02 Å². The average molecular weight is 340 g/mol. The van der Waals surface area contributed by atoms with E-state index in [0.717, 1.165) is 5.56 Å². The number of nitrogens with one attached hydrogen (secondary N) is 1. The maximum absolute atomic E-state index is 11.5. The Kier molecular flexibility index (Phi) is 7.10. The number of hydrogen-bond donors (Lipinski definition) is 2. The first-order chi connectivity index (χ1) is 10.7. The second-order valence-corrected chi connectivity index (χ2v) is 6.47. The zero-order chi connectivity index (χ0) is 17.5. The zero-order valence-corrected chi connectivity index (χ0v) is 14.3. The Balaban J connectivity index is 2.53. The van der Waals surface area contributed by atoms with E-state index >= 15 is 0 Å². The van der Waals surface area contributed by atoms with Crippen molar-refractivity contribution in [3.63, 3.8) is 0 Å². The van der Waals surface area contributed by atoms with Crippen molar-refractivity contribution in [1.29, 1.82) is 0 Å². The standard InChI is InChI=1S/C17H22ClNO4/c1-17(2,3)23-16(22)19-9-5-4-6-12-10-14(18)8-7-13(12)11-15(20)21/h4,6-8,10H,5,9,11H2,1-3H3,(H,19,22)(H,20,21). The van der Waals surface area contributed by atoms with E-state index in [1.54, 1.807) is 45.0 Å². The number of ether oxygens (including phenoxy) is 1. The third-order valence-electron chi connectivity index (χ3n) is 2.73. The minimum atomic E-state index is -0.895. The monoisotopic (exact) mass is 339 g/mol. The van der Waals surface area contributed by atoms with Crippen LogP contribution in [0.4, 0.5) is 4.79 Å². The summed E-state index contributed by atoms with van der Waals surface area (Å²) in [6, 6.07) is 5.09. The van der Waals surface area contributed by atoms with E-state index in [1.165, 1.54) is 0 Å². The lowest BCUT2D eigenvalue weighted by atomic mass is 10.0. The first-order valence-corrected chi connectivity index (χ1v) is 7.69. The van der Waals surface area contributed by atoms with Crippen molar-refractivity contribution in [2.75, 3.05) is 6.54 Å². The molecule has 1 aromatic carbocycles. The van der Waals surface area contributed by atoms with Gasteiger partial charge in [-0.25, -0.2) is 4.79 Å². The highest BCUT2D eigenvalue weighted by atomic mass is 35.5. The smallest absolute Gasteiger partial charge is 0.407 e. The van der Waals surface area contributed by atoms with Crippen molar-refractivity contribution in [3.8, 4) is 0 Å². The van der Waals surface area contributed by atoms with Crippen LogP contribution in [0, 0.1) is 0 Å². The second-order valence-electron chi connectivity index (χ2n) is 6.03. The molecule has 0 atom stereocenters. The van der Waals surface area contributed by atoms with E-state index in [0.29, 0.717) is 23.6 Å². The number of alkyl carbamates (subject to hydrolysis) is 1. The summed E-state index contributed by atoms with van der Waals surface area (Å²) in [6.07, 6.45) is 3.74. The lowest BCUT2D eigenvalue weighted by Crippen LogP contribution is -2.32. The van der Waals surface area contributed by atoms with E-state index in [4.69, 9.17) is 21.4 Å². The topological polar surface area (TPSA) is 75.6 Å². The number of carbonyl (C=O) groups excluding carboxylic acids is 1. The van der Waals surface area contributed by atoms with Gasteiger partial charge in [-0.1, -0.05) is 29.8 Å². The fourth-order valence-electron chi connectivity index (χ4n) is 1.83. The zero-order valence-electron chi connectivity index (χ0n) is 13.6. The van der Waals surface area contributed by atoms with E-state index in [9.17, 15) is 9.59 Å². The highest BCUT2D eigenvalue weighted by Gasteiger charge is 2.15. The molecule has 0 bridgehead atoms. The number of rotatable bonds is 6. The molecule has 0 aromatic heterocycles. The van der Waals surface area contributed by atoms with Gasteiger partial charge >= 0.3 is 12.1 Å². The molecule has 0 unspecified atom stereocenters. The summed E-state index contributed by atoms with van der Waals surface area (Å²) < 4.78 is 5.12. The fraction of sp³-hybridized carbons (Fsp3) is 0.412. The highest BCUT2D eigenvalue weighted by molar-refractivity contribution is 6.30. The Bertz CT molecular complexity index is 591. The van der Waals surface area contributed by atoms with Gasteiger partial charge < -0.3 is 15.2 Å². The van der Waals surface area contributed by atoms with E-state index in [2.05, 4.69) is 5.32 Å². The molecule has 0 aliphatic rings. The van der Waals surface area contributed by atoms with Gasteiger partial charge in [-0.3, -0.25) is 4.79 Å². The highest BCUT2D eigenvalue weighted by Crippen LogP contribution is 2.18. The molecule has 0 saturated heterocycles. The molecule has 6 heteroatoms. The van der Waals surface area contributed by atoms with Crippen molar-refractivity contribution < 1.29 is 19.4 Å². The predicted octanol–water partition coefficient (Wildman–Crippen LogP) is 3.90. The van der Waals surface area contributed by atoms with E-state index in [1.807, 2.05) is 6.08 Å². The Labute approximate surface area is 141 Å². The Morgan fingerprint density at radius 1 is 1.35 bits per heavy atom. The van der Waals surface area contributed by atoms with E-state index in [-0.39, 0.29) is 6.42 Å². The maximum atomic E-state index is 11.5. The van der Waals surface area contributed by atoms with Gasteiger partial charge in [-0.2, -0.15) is 0 Å². The van der Waals surface area contributed by atoms with Crippen LogP contribution in [0.15, 0.2) is 24.3 Å². The summed E-state index contributed by atoms with van der Waals surface area (Å²) in [4.78, 5) is 22.3. The van der Waals surface area contributed by atoms with Crippen LogP contribution in [0.3, 0.4) is 0 Å². The molecule has 1 rings (SSSR count). The molecule has 23 heavy (non-hydrogen) atoms. The van der Waals surface area contributed by atoms with Crippen molar-refractivity contribution in [2.24, 2.45) is 0 Å². The van der Waals surface area contributed by atoms with Crippen LogP contribution in [0.5, 0.6) is 0 Å². The molecule has 0 saturated carbocycles.